The van der Waals surface area contributed by atoms with Crippen molar-refractivity contribution in [1.29, 1.82) is 0 Å². The number of nitrogens with one attached hydrogen (secondary N) is 2. The zero-order valence-electron chi connectivity index (χ0n) is 10.0. The van der Waals surface area contributed by atoms with Gasteiger partial charge in [0.05, 0.1) is 18.2 Å². The van der Waals surface area contributed by atoms with Crippen LogP contribution >= 0.6 is 0 Å². The molecule has 1 unspecified atom stereocenters. The van der Waals surface area contributed by atoms with E-state index in [4.69, 9.17) is 0 Å². The van der Waals surface area contributed by atoms with E-state index in [2.05, 4.69) is 15.6 Å². The molecule has 0 aromatic heterocycles. The van der Waals surface area contributed by atoms with Gasteiger partial charge in [-0.25, -0.2) is 4.99 Å². The highest BCUT2D eigenvalue weighted by molar-refractivity contribution is 5.73. The van der Waals surface area contributed by atoms with Gasteiger partial charge in [0.25, 0.3) is 0 Å². The summed E-state index contributed by atoms with van der Waals surface area (Å²) in [4.78, 5) is 16.8. The number of carbonyl (C=O) groups excluding carboxylic acids is 1. The SMILES string of the molecule is CN/C=C(\C)N=CN(C)C(C)NC(C)=O. The van der Waals surface area contributed by atoms with Crippen LogP contribution in [0.1, 0.15) is 20.8 Å². The Morgan fingerprint density at radius 1 is 1.47 bits per heavy atom. The zero-order chi connectivity index (χ0) is 11.8. The van der Waals surface area contributed by atoms with Crippen molar-refractivity contribution in [3.8, 4) is 0 Å². The van der Waals surface area contributed by atoms with E-state index in [9.17, 15) is 4.79 Å². The lowest BCUT2D eigenvalue weighted by Crippen LogP contribution is -2.42. The Morgan fingerprint density at radius 2 is 2.07 bits per heavy atom. The molecule has 0 aromatic rings. The maximum absolute atomic E-state index is 10.8. The summed E-state index contributed by atoms with van der Waals surface area (Å²) in [6.45, 7) is 5.28. The molecule has 5 heteroatoms. The lowest BCUT2D eigenvalue weighted by atomic mass is 10.5. The summed E-state index contributed by atoms with van der Waals surface area (Å²) < 4.78 is 0. The van der Waals surface area contributed by atoms with Gasteiger partial charge in [-0.1, -0.05) is 0 Å². The number of hydrogen-bond donors (Lipinski definition) is 2. The van der Waals surface area contributed by atoms with E-state index in [-0.39, 0.29) is 12.1 Å². The summed E-state index contributed by atoms with van der Waals surface area (Å²) >= 11 is 0. The van der Waals surface area contributed by atoms with E-state index in [0.717, 1.165) is 5.70 Å². The molecule has 0 spiro atoms. The maximum atomic E-state index is 10.8. The minimum atomic E-state index is -0.0614. The fourth-order valence-corrected chi connectivity index (χ4v) is 0.924. The van der Waals surface area contributed by atoms with Crippen molar-refractivity contribution in [2.24, 2.45) is 4.99 Å². The second-order valence-corrected chi connectivity index (χ2v) is 3.36. The lowest BCUT2D eigenvalue weighted by Gasteiger charge is -2.22. The van der Waals surface area contributed by atoms with Crippen LogP contribution in [0.15, 0.2) is 16.9 Å². The largest absolute Gasteiger partial charge is 0.393 e. The van der Waals surface area contributed by atoms with Gasteiger partial charge in [-0.2, -0.15) is 0 Å². The molecule has 86 valence electrons. The van der Waals surface area contributed by atoms with Crippen molar-refractivity contribution in [3.05, 3.63) is 11.9 Å². The second-order valence-electron chi connectivity index (χ2n) is 3.36. The number of amides is 1. The quantitative estimate of drug-likeness (QED) is 0.396. The molecule has 0 radical (unpaired) electrons. The Morgan fingerprint density at radius 3 is 2.53 bits per heavy atom. The molecule has 0 aromatic carbocycles. The Hall–Kier alpha value is -1.52. The van der Waals surface area contributed by atoms with E-state index in [1.807, 2.05) is 32.8 Å². The number of nitrogens with zero attached hydrogens (tertiary/aromatic N) is 2. The molecule has 0 rings (SSSR count). The third kappa shape index (κ3) is 6.54. The molecule has 0 aliphatic heterocycles. The number of aliphatic imine (C=N–C) groups is 1. The van der Waals surface area contributed by atoms with Crippen LogP contribution < -0.4 is 10.6 Å². The normalized spacial score (nSPS) is 13.8. The van der Waals surface area contributed by atoms with Crippen molar-refractivity contribution >= 4 is 12.2 Å². The topological polar surface area (TPSA) is 56.7 Å². The first-order chi connectivity index (χ1) is 6.97. The number of allylic oxidation sites excluding steroid dienone is 1. The molecule has 0 fully saturated rings. The lowest BCUT2D eigenvalue weighted by molar-refractivity contribution is -0.120. The molecule has 1 atom stereocenters. The predicted molar refractivity (Wildman–Crippen MR) is 62.4 cm³/mol. The molecule has 0 bridgehead atoms. The molecule has 0 saturated carbocycles. The van der Waals surface area contributed by atoms with Gasteiger partial charge >= 0.3 is 0 Å². The first-order valence-electron chi connectivity index (χ1n) is 4.84. The van der Waals surface area contributed by atoms with Crippen LogP contribution in [0.4, 0.5) is 0 Å². The summed E-state index contributed by atoms with van der Waals surface area (Å²) in [6, 6.07) is 0. The van der Waals surface area contributed by atoms with E-state index < -0.39 is 0 Å². The summed E-state index contributed by atoms with van der Waals surface area (Å²) in [5.41, 5.74) is 0.874. The third-order valence-corrected chi connectivity index (χ3v) is 1.82. The van der Waals surface area contributed by atoms with Crippen molar-refractivity contribution < 1.29 is 4.79 Å². The van der Waals surface area contributed by atoms with E-state index in [1.54, 1.807) is 12.5 Å². The van der Waals surface area contributed by atoms with Crippen LogP contribution in [-0.2, 0) is 4.79 Å². The van der Waals surface area contributed by atoms with Crippen LogP contribution in [0.25, 0.3) is 0 Å². The van der Waals surface area contributed by atoms with Crippen molar-refractivity contribution in [2.45, 2.75) is 26.9 Å². The van der Waals surface area contributed by atoms with Gasteiger partial charge in [-0.05, 0) is 13.8 Å². The molecule has 0 heterocycles. The summed E-state index contributed by atoms with van der Waals surface area (Å²) in [5, 5.41) is 5.65. The standard InChI is InChI=1S/C10H20N4O/c1-8(6-11-4)12-7-14(5)9(2)13-10(3)15/h6-7,9,11H,1-5H3,(H,13,15)/b8-6+,12-7?. The zero-order valence-corrected chi connectivity index (χ0v) is 10.0. The number of carbonyl (C=O) groups is 1. The molecule has 1 amide bonds. The van der Waals surface area contributed by atoms with E-state index in [0.29, 0.717) is 0 Å². The Labute approximate surface area is 91.3 Å². The second kappa shape index (κ2) is 6.86. The predicted octanol–water partition coefficient (Wildman–Crippen LogP) is 0.509. The molecule has 2 N–H and O–H groups in total. The Balaban J connectivity index is 4.17. The minimum absolute atomic E-state index is 0.0507. The van der Waals surface area contributed by atoms with Gasteiger partial charge < -0.3 is 15.5 Å². The molecular formula is C10H20N4O. The van der Waals surface area contributed by atoms with Crippen molar-refractivity contribution in [1.82, 2.24) is 15.5 Å². The highest BCUT2D eigenvalue weighted by Gasteiger charge is 2.05. The van der Waals surface area contributed by atoms with E-state index in [1.165, 1.54) is 6.92 Å². The van der Waals surface area contributed by atoms with Gasteiger partial charge in [0.15, 0.2) is 0 Å². The molecule has 0 aliphatic carbocycles. The van der Waals surface area contributed by atoms with Crippen molar-refractivity contribution in [2.75, 3.05) is 14.1 Å². The smallest absolute Gasteiger partial charge is 0.218 e. The van der Waals surface area contributed by atoms with Gasteiger partial charge in [0.2, 0.25) is 5.91 Å². The molecule has 0 saturated heterocycles. The summed E-state index contributed by atoms with van der Waals surface area (Å²) in [7, 11) is 3.68. The first-order valence-corrected chi connectivity index (χ1v) is 4.84. The molecular weight excluding hydrogens is 192 g/mol. The van der Waals surface area contributed by atoms with Gasteiger partial charge in [0.1, 0.15) is 0 Å². The first kappa shape index (κ1) is 13.5. The van der Waals surface area contributed by atoms with Crippen LogP contribution in [-0.4, -0.2) is 37.4 Å². The molecule has 0 aliphatic rings. The summed E-state index contributed by atoms with van der Waals surface area (Å²) in [5.74, 6) is -0.0507. The van der Waals surface area contributed by atoms with Gasteiger partial charge in [-0.3, -0.25) is 4.79 Å². The Bertz CT molecular complexity index is 260. The molecule has 15 heavy (non-hydrogen) atoms. The fourth-order valence-electron chi connectivity index (χ4n) is 0.924. The number of rotatable bonds is 5. The monoisotopic (exact) mass is 212 g/mol. The highest BCUT2D eigenvalue weighted by atomic mass is 16.1. The van der Waals surface area contributed by atoms with Crippen LogP contribution in [0.2, 0.25) is 0 Å². The van der Waals surface area contributed by atoms with Gasteiger partial charge in [-0.15, -0.1) is 0 Å². The van der Waals surface area contributed by atoms with Crippen LogP contribution in [0.5, 0.6) is 0 Å². The highest BCUT2D eigenvalue weighted by Crippen LogP contribution is 1.93. The van der Waals surface area contributed by atoms with Gasteiger partial charge in [0, 0.05) is 27.2 Å². The van der Waals surface area contributed by atoms with Crippen LogP contribution in [0, 0.1) is 0 Å². The minimum Gasteiger partial charge on any atom is -0.393 e. The van der Waals surface area contributed by atoms with Crippen molar-refractivity contribution in [3.63, 3.8) is 0 Å². The maximum Gasteiger partial charge on any atom is 0.218 e. The third-order valence-electron chi connectivity index (χ3n) is 1.82. The number of hydrogen-bond acceptors (Lipinski definition) is 3. The average Bonchev–Trinajstić information content (AvgIpc) is 2.13. The average molecular weight is 212 g/mol. The molecule has 5 nitrogen and oxygen atoms in total. The summed E-state index contributed by atoms with van der Waals surface area (Å²) in [6.07, 6.45) is 3.42. The van der Waals surface area contributed by atoms with Crippen LogP contribution in [0.3, 0.4) is 0 Å². The van der Waals surface area contributed by atoms with E-state index >= 15 is 0 Å². The fraction of sp³-hybridized carbons (Fsp3) is 0.600. The Kier molecular flexibility index (Phi) is 6.17.